The van der Waals surface area contributed by atoms with E-state index in [1.54, 1.807) is 0 Å². The first-order valence-electron chi connectivity index (χ1n) is 22.8. The fourth-order valence-electron chi connectivity index (χ4n) is 6.91. The molecule has 0 aromatic rings. The summed E-state index contributed by atoms with van der Waals surface area (Å²) in [7, 11) is 0. The van der Waals surface area contributed by atoms with E-state index in [1.807, 2.05) is 0 Å². The number of hydrogen-bond acceptors (Lipinski definition) is 4. The fourth-order valence-corrected chi connectivity index (χ4v) is 6.91. The number of rotatable bonds is 43. The van der Waals surface area contributed by atoms with Crippen molar-refractivity contribution in [1.82, 2.24) is 0 Å². The van der Waals surface area contributed by atoms with Crippen molar-refractivity contribution < 1.29 is 19.4 Å². The Morgan fingerprint density at radius 1 is 0.460 bits per heavy atom. The lowest BCUT2D eigenvalue weighted by Crippen LogP contribution is -2.27. The van der Waals surface area contributed by atoms with Crippen LogP contribution in [0.1, 0.15) is 251 Å². The van der Waals surface area contributed by atoms with E-state index >= 15 is 0 Å². The minimum atomic E-state index is -0.527. The Bertz CT molecular complexity index is 663. The molecule has 0 rings (SSSR count). The SMILES string of the molecule is CCCCCCCCCC/C=C\CCCCCCCCCCCCCCCCOCC(CO)OC(=O)CCCCCCCCCCCCCC. The Hall–Kier alpha value is -0.870. The molecular weight excluding hydrogens is 617 g/mol. The van der Waals surface area contributed by atoms with Crippen LogP contribution in [0.3, 0.4) is 0 Å². The molecule has 1 N–H and O–H groups in total. The van der Waals surface area contributed by atoms with Gasteiger partial charge in [0.1, 0.15) is 6.10 Å². The predicted octanol–water partition coefficient (Wildman–Crippen LogP) is 14.9. The molecular formula is C46H90O4. The predicted molar refractivity (Wildman–Crippen MR) is 219 cm³/mol. The highest BCUT2D eigenvalue weighted by molar-refractivity contribution is 5.69. The van der Waals surface area contributed by atoms with E-state index in [0.717, 1.165) is 19.3 Å². The highest BCUT2D eigenvalue weighted by Crippen LogP contribution is 2.15. The molecule has 0 aliphatic carbocycles. The zero-order valence-corrected chi connectivity index (χ0v) is 34.2. The molecule has 0 bridgehead atoms. The Morgan fingerprint density at radius 3 is 1.14 bits per heavy atom. The first-order chi connectivity index (χ1) is 24.7. The zero-order chi connectivity index (χ0) is 36.3. The van der Waals surface area contributed by atoms with Crippen molar-refractivity contribution >= 4 is 5.97 Å². The molecule has 0 saturated heterocycles. The van der Waals surface area contributed by atoms with Crippen molar-refractivity contribution in [2.24, 2.45) is 0 Å². The topological polar surface area (TPSA) is 55.8 Å². The Morgan fingerprint density at radius 2 is 0.780 bits per heavy atom. The zero-order valence-electron chi connectivity index (χ0n) is 34.2. The summed E-state index contributed by atoms with van der Waals surface area (Å²) in [5, 5.41) is 9.59. The lowest BCUT2D eigenvalue weighted by Gasteiger charge is -2.16. The molecule has 4 nitrogen and oxygen atoms in total. The lowest BCUT2D eigenvalue weighted by molar-refractivity contribution is -0.154. The highest BCUT2D eigenvalue weighted by atomic mass is 16.6. The lowest BCUT2D eigenvalue weighted by atomic mass is 10.0. The van der Waals surface area contributed by atoms with Crippen LogP contribution < -0.4 is 0 Å². The number of allylic oxidation sites excluding steroid dienone is 2. The number of esters is 1. The van der Waals surface area contributed by atoms with E-state index in [1.165, 1.54) is 212 Å². The molecule has 0 aromatic heterocycles. The maximum absolute atomic E-state index is 12.2. The smallest absolute Gasteiger partial charge is 0.306 e. The molecule has 0 heterocycles. The molecule has 0 fully saturated rings. The van der Waals surface area contributed by atoms with Gasteiger partial charge in [-0.05, 0) is 38.5 Å². The standard InChI is InChI=1S/C46H90O4/c1-3-5-7-9-11-13-15-17-18-19-20-21-22-23-24-25-26-27-28-29-30-32-34-36-38-40-42-49-44-45(43-47)50-46(48)41-39-37-35-33-31-16-14-12-10-8-6-4-2/h19-20,45,47H,3-18,21-44H2,1-2H3/b20-19-. The van der Waals surface area contributed by atoms with Crippen LogP contribution in [0.25, 0.3) is 0 Å². The third-order valence-corrected chi connectivity index (χ3v) is 10.3. The highest BCUT2D eigenvalue weighted by Gasteiger charge is 2.13. The largest absolute Gasteiger partial charge is 0.457 e. The molecule has 298 valence electrons. The van der Waals surface area contributed by atoms with Gasteiger partial charge in [0.05, 0.1) is 13.2 Å². The van der Waals surface area contributed by atoms with Crippen LogP contribution in [-0.4, -0.2) is 37.0 Å². The van der Waals surface area contributed by atoms with Gasteiger partial charge in [-0.2, -0.15) is 0 Å². The molecule has 0 aromatic carbocycles. The van der Waals surface area contributed by atoms with E-state index in [2.05, 4.69) is 26.0 Å². The van der Waals surface area contributed by atoms with Gasteiger partial charge in [-0.1, -0.05) is 219 Å². The monoisotopic (exact) mass is 707 g/mol. The molecule has 0 aliphatic rings. The molecule has 50 heavy (non-hydrogen) atoms. The quantitative estimate of drug-likeness (QED) is 0.0390. The minimum Gasteiger partial charge on any atom is -0.457 e. The third-order valence-electron chi connectivity index (χ3n) is 10.3. The number of carbonyl (C=O) groups excluding carboxylic acids is 1. The van der Waals surface area contributed by atoms with Gasteiger partial charge >= 0.3 is 5.97 Å². The van der Waals surface area contributed by atoms with Gasteiger partial charge in [0.2, 0.25) is 0 Å². The number of hydrogen-bond donors (Lipinski definition) is 1. The van der Waals surface area contributed by atoms with Crippen LogP contribution in [-0.2, 0) is 14.3 Å². The summed E-state index contributed by atoms with van der Waals surface area (Å²) in [6.45, 7) is 5.38. The van der Waals surface area contributed by atoms with Crippen LogP contribution in [0, 0.1) is 0 Å². The summed E-state index contributed by atoms with van der Waals surface area (Å²) in [5.74, 6) is -0.196. The minimum absolute atomic E-state index is 0.165. The average Bonchev–Trinajstić information content (AvgIpc) is 3.12. The van der Waals surface area contributed by atoms with Crippen LogP contribution in [0.5, 0.6) is 0 Å². The van der Waals surface area contributed by atoms with Crippen LogP contribution in [0.2, 0.25) is 0 Å². The van der Waals surface area contributed by atoms with Crippen molar-refractivity contribution in [3.8, 4) is 0 Å². The number of unbranched alkanes of at least 4 members (excludes halogenated alkanes) is 33. The maximum Gasteiger partial charge on any atom is 0.306 e. The second kappa shape index (κ2) is 44.3. The summed E-state index contributed by atoms with van der Waals surface area (Å²) < 4.78 is 11.2. The molecule has 1 unspecified atom stereocenters. The molecule has 1 atom stereocenters. The van der Waals surface area contributed by atoms with E-state index in [4.69, 9.17) is 9.47 Å². The van der Waals surface area contributed by atoms with Gasteiger partial charge in [0.15, 0.2) is 0 Å². The van der Waals surface area contributed by atoms with Crippen molar-refractivity contribution in [2.45, 2.75) is 258 Å². The van der Waals surface area contributed by atoms with Crippen LogP contribution in [0.4, 0.5) is 0 Å². The van der Waals surface area contributed by atoms with Gasteiger partial charge in [0.25, 0.3) is 0 Å². The summed E-state index contributed by atoms with van der Waals surface area (Å²) in [6.07, 6.45) is 52.9. The average molecular weight is 707 g/mol. The second-order valence-corrected chi connectivity index (χ2v) is 15.5. The van der Waals surface area contributed by atoms with Gasteiger partial charge in [-0.3, -0.25) is 4.79 Å². The van der Waals surface area contributed by atoms with Crippen molar-refractivity contribution in [2.75, 3.05) is 19.8 Å². The molecule has 4 heteroatoms. The number of carbonyl (C=O) groups is 1. The normalized spacial score (nSPS) is 12.3. The number of aliphatic hydroxyl groups is 1. The van der Waals surface area contributed by atoms with Crippen LogP contribution in [0.15, 0.2) is 12.2 Å². The number of aliphatic hydroxyl groups excluding tert-OH is 1. The van der Waals surface area contributed by atoms with E-state index < -0.39 is 6.10 Å². The first-order valence-corrected chi connectivity index (χ1v) is 22.8. The van der Waals surface area contributed by atoms with Crippen LogP contribution >= 0.6 is 0 Å². The van der Waals surface area contributed by atoms with Crippen molar-refractivity contribution in [3.63, 3.8) is 0 Å². The molecule has 0 spiro atoms. The third kappa shape index (κ3) is 41.5. The second-order valence-electron chi connectivity index (χ2n) is 15.5. The molecule has 0 radical (unpaired) electrons. The van der Waals surface area contributed by atoms with Gasteiger partial charge in [-0.25, -0.2) is 0 Å². The van der Waals surface area contributed by atoms with Crippen molar-refractivity contribution in [3.05, 3.63) is 12.2 Å². The first kappa shape index (κ1) is 49.1. The van der Waals surface area contributed by atoms with Gasteiger partial charge in [0, 0.05) is 13.0 Å². The van der Waals surface area contributed by atoms with Crippen molar-refractivity contribution in [1.29, 1.82) is 0 Å². The Kier molecular flexibility index (Phi) is 43.5. The van der Waals surface area contributed by atoms with E-state index in [9.17, 15) is 9.90 Å². The van der Waals surface area contributed by atoms with E-state index in [-0.39, 0.29) is 12.6 Å². The molecule has 0 saturated carbocycles. The summed E-state index contributed by atoms with van der Waals surface area (Å²) in [6, 6.07) is 0. The van der Waals surface area contributed by atoms with Gasteiger partial charge in [-0.15, -0.1) is 0 Å². The molecule has 0 aliphatic heterocycles. The van der Waals surface area contributed by atoms with Gasteiger partial charge < -0.3 is 14.6 Å². The summed E-state index contributed by atoms with van der Waals surface area (Å²) in [4.78, 5) is 12.2. The summed E-state index contributed by atoms with van der Waals surface area (Å²) in [5.41, 5.74) is 0. The fraction of sp³-hybridized carbons (Fsp3) is 0.935. The Balaban J connectivity index is 3.33. The maximum atomic E-state index is 12.2. The van der Waals surface area contributed by atoms with E-state index in [0.29, 0.717) is 19.6 Å². The molecule has 0 amide bonds. The Labute approximate surface area is 314 Å². The number of ether oxygens (including phenoxy) is 2. The summed E-state index contributed by atoms with van der Waals surface area (Å²) >= 11 is 0.